The molecule has 1 aliphatic carbocycles. The van der Waals surface area contributed by atoms with E-state index >= 15 is 0 Å². The predicted molar refractivity (Wildman–Crippen MR) is 143 cm³/mol. The highest BCUT2D eigenvalue weighted by atomic mass is 32.2. The van der Waals surface area contributed by atoms with E-state index in [0.717, 1.165) is 43.5 Å². The topological polar surface area (TPSA) is 71.7 Å². The lowest BCUT2D eigenvalue weighted by molar-refractivity contribution is -0.274. The number of ether oxygens (including phenoxy) is 1. The summed E-state index contributed by atoms with van der Waals surface area (Å²) in [6, 6.07) is 11.1. The second-order valence-electron chi connectivity index (χ2n) is 8.70. The summed E-state index contributed by atoms with van der Waals surface area (Å²) in [6.07, 6.45) is 0.336. The van der Waals surface area contributed by atoms with Gasteiger partial charge in [-0.15, -0.1) is 13.2 Å². The zero-order chi connectivity index (χ0) is 26.8. The van der Waals surface area contributed by atoms with Crippen LogP contribution in [0.1, 0.15) is 56.6 Å². The van der Waals surface area contributed by atoms with Crippen LogP contribution in [0, 0.1) is 0 Å². The average molecular weight is 537 g/mol. The Balaban J connectivity index is 1.98. The van der Waals surface area contributed by atoms with E-state index in [-0.39, 0.29) is 30.0 Å². The molecule has 37 heavy (non-hydrogen) atoms. The summed E-state index contributed by atoms with van der Waals surface area (Å²) in [4.78, 5) is 5.08. The zero-order valence-electron chi connectivity index (χ0n) is 20.8. The molecular weight excluding hydrogens is 504 g/mol. The fourth-order valence-electron chi connectivity index (χ4n) is 4.05. The molecule has 3 rings (SSSR count). The van der Waals surface area contributed by atoms with Gasteiger partial charge >= 0.3 is 6.36 Å². The van der Waals surface area contributed by atoms with Crippen LogP contribution < -0.4 is 21.1 Å². The van der Waals surface area contributed by atoms with Crippen LogP contribution in [-0.2, 0) is 6.54 Å². The quantitative estimate of drug-likeness (QED) is 0.165. The van der Waals surface area contributed by atoms with Crippen molar-refractivity contribution < 1.29 is 21.8 Å². The molecule has 0 fully saturated rings. The Morgan fingerprint density at radius 2 is 1.89 bits per heavy atom. The van der Waals surface area contributed by atoms with Crippen molar-refractivity contribution in [1.29, 1.82) is 0 Å². The molecule has 0 atom stereocenters. The van der Waals surface area contributed by atoms with Crippen molar-refractivity contribution in [2.75, 3.05) is 11.9 Å². The van der Waals surface area contributed by atoms with Crippen LogP contribution in [0.15, 0.2) is 70.2 Å². The summed E-state index contributed by atoms with van der Waals surface area (Å²) in [5.74, 6) is 0.129. The number of alkyl halides is 3. The maximum atomic E-state index is 13.4. The number of hydrogen-bond donors (Lipinski definition) is 3. The number of amidine groups is 1. The molecule has 10 heteroatoms. The Kier molecular flexibility index (Phi) is 10.3. The van der Waals surface area contributed by atoms with E-state index in [4.69, 9.17) is 5.73 Å². The monoisotopic (exact) mass is 536 g/mol. The molecule has 0 spiro atoms. The Labute approximate surface area is 219 Å². The van der Waals surface area contributed by atoms with E-state index in [1.165, 1.54) is 18.2 Å². The van der Waals surface area contributed by atoms with Crippen molar-refractivity contribution in [3.8, 4) is 5.75 Å². The van der Waals surface area contributed by atoms with Gasteiger partial charge in [-0.1, -0.05) is 38.1 Å². The minimum atomic E-state index is -4.81. The first kappa shape index (κ1) is 28.4. The number of halogens is 4. The first-order valence-corrected chi connectivity index (χ1v) is 12.9. The molecule has 0 heterocycles. The van der Waals surface area contributed by atoms with Gasteiger partial charge < -0.3 is 21.1 Å². The number of nitrogens with one attached hydrogen (secondary N) is 2. The molecule has 4 N–H and O–H groups in total. The number of nitrogens with zero attached hydrogens (tertiary/aromatic N) is 1. The molecular formula is C27H32F4N4OS. The first-order valence-electron chi connectivity index (χ1n) is 12.2. The van der Waals surface area contributed by atoms with E-state index in [1.807, 2.05) is 6.92 Å². The molecule has 0 aliphatic heterocycles. The van der Waals surface area contributed by atoms with Gasteiger partial charge in [0, 0.05) is 45.2 Å². The number of benzene rings is 2. The third-order valence-electron chi connectivity index (χ3n) is 5.89. The molecule has 0 saturated heterocycles. The van der Waals surface area contributed by atoms with Crippen LogP contribution in [-0.4, -0.2) is 18.7 Å². The fourth-order valence-corrected chi connectivity index (χ4v) is 4.34. The van der Waals surface area contributed by atoms with Gasteiger partial charge in [-0.25, -0.2) is 0 Å². The molecule has 2 aromatic rings. The van der Waals surface area contributed by atoms with Crippen molar-refractivity contribution in [3.05, 3.63) is 71.4 Å². The van der Waals surface area contributed by atoms with Crippen LogP contribution in [0.2, 0.25) is 0 Å². The van der Waals surface area contributed by atoms with Crippen molar-refractivity contribution >= 4 is 29.4 Å². The molecule has 0 bridgehead atoms. The van der Waals surface area contributed by atoms with Crippen molar-refractivity contribution in [2.45, 2.75) is 63.3 Å². The minimum Gasteiger partial charge on any atom is -0.405 e. The normalized spacial score (nSPS) is 14.8. The van der Waals surface area contributed by atoms with Crippen molar-refractivity contribution in [1.82, 2.24) is 5.32 Å². The fraction of sp³-hybridized carbons (Fsp3) is 0.370. The highest BCUT2D eigenvalue weighted by Gasteiger charge is 2.32. The largest absolute Gasteiger partial charge is 0.573 e. The number of anilines is 1. The summed E-state index contributed by atoms with van der Waals surface area (Å²) in [5.41, 5.74) is 10.1. The molecule has 0 unspecified atom stereocenters. The molecule has 2 aromatic carbocycles. The van der Waals surface area contributed by atoms with Crippen LogP contribution in [0.3, 0.4) is 0 Å². The lowest BCUT2D eigenvalue weighted by atomic mass is 10.1. The molecule has 0 aromatic heterocycles. The molecule has 5 nitrogen and oxygen atoms in total. The molecule has 0 amide bonds. The van der Waals surface area contributed by atoms with Gasteiger partial charge in [-0.3, -0.25) is 4.99 Å². The maximum absolute atomic E-state index is 13.4. The third-order valence-corrected chi connectivity index (χ3v) is 6.32. The number of rotatable bonds is 10. The summed E-state index contributed by atoms with van der Waals surface area (Å²) in [5, 5.41) is 6.57. The van der Waals surface area contributed by atoms with Crippen molar-refractivity contribution in [3.63, 3.8) is 0 Å². The van der Waals surface area contributed by atoms with Gasteiger partial charge in [0.15, 0.2) is 0 Å². The van der Waals surface area contributed by atoms with Gasteiger partial charge in [0.2, 0.25) is 0 Å². The van der Waals surface area contributed by atoms with Crippen LogP contribution >= 0.6 is 12.1 Å². The summed E-state index contributed by atoms with van der Waals surface area (Å²) in [6.45, 7) is 6.86. The highest BCUT2D eigenvalue weighted by Crippen LogP contribution is 2.31. The SMILES string of the molecule is C=C(NC(=NCc1ccccc1OC(F)(F)F)C1=C(N)CCCCC1)c1cc(SF)ccc1NCCC. The van der Waals surface area contributed by atoms with E-state index < -0.39 is 6.36 Å². The Hall–Kier alpha value is -3.14. The lowest BCUT2D eigenvalue weighted by Gasteiger charge is -2.20. The number of allylic oxidation sites excluding steroid dienone is 1. The smallest absolute Gasteiger partial charge is 0.405 e. The average Bonchev–Trinajstić information content (AvgIpc) is 3.09. The number of hydrogen-bond acceptors (Lipinski definition) is 5. The maximum Gasteiger partial charge on any atom is 0.573 e. The van der Waals surface area contributed by atoms with E-state index in [0.29, 0.717) is 40.5 Å². The number of nitrogens with two attached hydrogens (primary N) is 1. The van der Waals surface area contributed by atoms with Crippen LogP contribution in [0.5, 0.6) is 5.75 Å². The Morgan fingerprint density at radius 1 is 1.14 bits per heavy atom. The van der Waals surface area contributed by atoms with E-state index in [1.54, 1.807) is 24.3 Å². The van der Waals surface area contributed by atoms with Gasteiger partial charge in [0.25, 0.3) is 0 Å². The van der Waals surface area contributed by atoms with Gasteiger partial charge in [0.1, 0.15) is 11.6 Å². The van der Waals surface area contributed by atoms with Gasteiger partial charge in [0.05, 0.1) is 18.7 Å². The Bertz CT molecular complexity index is 1150. The van der Waals surface area contributed by atoms with Crippen LogP contribution in [0.4, 0.5) is 22.7 Å². The van der Waals surface area contributed by atoms with Gasteiger partial charge in [-0.05, 0) is 56.4 Å². The predicted octanol–water partition coefficient (Wildman–Crippen LogP) is 7.72. The molecule has 200 valence electrons. The van der Waals surface area contributed by atoms with Gasteiger partial charge in [-0.2, -0.15) is 3.89 Å². The summed E-state index contributed by atoms with van der Waals surface area (Å²) < 4.78 is 56.3. The van der Waals surface area contributed by atoms with E-state index in [9.17, 15) is 17.1 Å². The standard InChI is InChI=1S/C27H32F4N4OS/c1-3-15-33-24-14-13-20(37-31)16-22(24)18(2)35-26(21-10-5-4-6-11-23(21)32)34-17-19-9-7-8-12-25(19)36-27(28,29)30/h7-9,12-14,16,33H,2-6,10-11,15,17,32H2,1H3,(H,34,35). The zero-order valence-corrected chi connectivity index (χ0v) is 21.6. The van der Waals surface area contributed by atoms with E-state index in [2.05, 4.69) is 26.9 Å². The van der Waals surface area contributed by atoms with Crippen LogP contribution in [0.25, 0.3) is 5.70 Å². The molecule has 0 saturated carbocycles. The van der Waals surface area contributed by atoms with Crippen molar-refractivity contribution in [2.24, 2.45) is 10.7 Å². The molecule has 1 aliphatic rings. The summed E-state index contributed by atoms with van der Waals surface area (Å²) >= 11 is 0.135. The molecule has 0 radical (unpaired) electrons. The first-order chi connectivity index (χ1) is 17.7. The second-order valence-corrected chi connectivity index (χ2v) is 9.33. The lowest BCUT2D eigenvalue weighted by Crippen LogP contribution is -2.27. The highest BCUT2D eigenvalue weighted by molar-refractivity contribution is 7.94. The Morgan fingerprint density at radius 3 is 2.62 bits per heavy atom. The number of aliphatic imine (C=N–C) groups is 1. The summed E-state index contributed by atoms with van der Waals surface area (Å²) in [7, 11) is 0. The second kappa shape index (κ2) is 13.4. The number of para-hydroxylation sites is 1. The third kappa shape index (κ3) is 8.45. The minimum absolute atomic E-state index is 0.0695.